The summed E-state index contributed by atoms with van der Waals surface area (Å²) in [7, 11) is 0. The lowest BCUT2D eigenvalue weighted by molar-refractivity contribution is -0.384. The number of likely N-dealkylation sites (tertiary alicyclic amines) is 1. The molecule has 2 atom stereocenters. The fraction of sp³-hybridized carbons (Fsp3) is 0.600. The minimum Gasteiger partial charge on any atom is -0.508 e. The van der Waals surface area contributed by atoms with Gasteiger partial charge in [-0.1, -0.05) is 6.92 Å². The lowest BCUT2D eigenvalue weighted by atomic mass is 9.91. The first-order valence-corrected chi connectivity index (χ1v) is 7.47. The molecule has 2 rings (SSSR count). The van der Waals surface area contributed by atoms with E-state index in [1.807, 2.05) is 0 Å². The molecule has 2 unspecified atom stereocenters. The predicted octanol–water partition coefficient (Wildman–Crippen LogP) is 2.83. The molecule has 0 aromatic heterocycles. The SMILES string of the molecule is CCN1CCCC(C(C)Nc2ccc(O)cc2[N+](=O)[O-])C1. The van der Waals surface area contributed by atoms with Gasteiger partial charge >= 0.3 is 0 Å². The van der Waals surface area contributed by atoms with Crippen molar-refractivity contribution in [3.8, 4) is 5.75 Å². The molecule has 1 aliphatic heterocycles. The van der Waals surface area contributed by atoms with Crippen LogP contribution in [-0.4, -0.2) is 40.6 Å². The van der Waals surface area contributed by atoms with Crippen LogP contribution in [0.15, 0.2) is 18.2 Å². The summed E-state index contributed by atoms with van der Waals surface area (Å²) in [4.78, 5) is 13.0. The van der Waals surface area contributed by atoms with Gasteiger partial charge in [0.2, 0.25) is 0 Å². The van der Waals surface area contributed by atoms with Gasteiger partial charge in [-0.25, -0.2) is 0 Å². The Morgan fingerprint density at radius 1 is 1.57 bits per heavy atom. The average Bonchev–Trinajstić information content (AvgIpc) is 2.48. The number of phenols is 1. The van der Waals surface area contributed by atoms with Crippen LogP contribution in [0.4, 0.5) is 11.4 Å². The van der Waals surface area contributed by atoms with Crippen LogP contribution in [0, 0.1) is 16.0 Å². The first kappa shape index (κ1) is 15.6. The van der Waals surface area contributed by atoms with Crippen LogP contribution in [0.2, 0.25) is 0 Å². The van der Waals surface area contributed by atoms with Crippen molar-refractivity contribution in [1.82, 2.24) is 4.90 Å². The molecule has 1 aromatic rings. The van der Waals surface area contributed by atoms with Crippen LogP contribution in [0.5, 0.6) is 5.75 Å². The summed E-state index contributed by atoms with van der Waals surface area (Å²) in [6.07, 6.45) is 2.30. The van der Waals surface area contributed by atoms with Gasteiger partial charge in [-0.3, -0.25) is 10.1 Å². The smallest absolute Gasteiger partial charge is 0.296 e. The van der Waals surface area contributed by atoms with E-state index in [1.54, 1.807) is 6.07 Å². The first-order valence-electron chi connectivity index (χ1n) is 7.47. The van der Waals surface area contributed by atoms with Gasteiger partial charge < -0.3 is 15.3 Å². The van der Waals surface area contributed by atoms with Crippen molar-refractivity contribution in [3.05, 3.63) is 28.3 Å². The summed E-state index contributed by atoms with van der Waals surface area (Å²) in [5.74, 6) is 0.391. The molecule has 0 radical (unpaired) electrons. The quantitative estimate of drug-likeness (QED) is 0.496. The van der Waals surface area contributed by atoms with Crippen LogP contribution < -0.4 is 5.32 Å². The number of rotatable bonds is 5. The van der Waals surface area contributed by atoms with Crippen LogP contribution >= 0.6 is 0 Å². The van der Waals surface area contributed by atoms with Crippen molar-refractivity contribution in [1.29, 1.82) is 0 Å². The largest absolute Gasteiger partial charge is 0.508 e. The Hall–Kier alpha value is -1.82. The predicted molar refractivity (Wildman–Crippen MR) is 82.7 cm³/mol. The minimum absolute atomic E-state index is 0.0787. The van der Waals surface area contributed by atoms with Crippen molar-refractivity contribution in [2.75, 3.05) is 25.0 Å². The molecule has 6 heteroatoms. The van der Waals surface area contributed by atoms with Gasteiger partial charge in [0.25, 0.3) is 5.69 Å². The number of aromatic hydroxyl groups is 1. The Morgan fingerprint density at radius 3 is 3.00 bits per heavy atom. The molecule has 21 heavy (non-hydrogen) atoms. The van der Waals surface area contributed by atoms with Crippen molar-refractivity contribution < 1.29 is 10.0 Å². The molecule has 1 heterocycles. The zero-order chi connectivity index (χ0) is 15.4. The third-order valence-electron chi connectivity index (χ3n) is 4.26. The lowest BCUT2D eigenvalue weighted by Gasteiger charge is -2.35. The Bertz CT molecular complexity index is 507. The highest BCUT2D eigenvalue weighted by atomic mass is 16.6. The maximum Gasteiger partial charge on any atom is 0.296 e. The van der Waals surface area contributed by atoms with Gasteiger partial charge in [-0.05, 0) is 50.9 Å². The van der Waals surface area contributed by atoms with Gasteiger partial charge in [-0.15, -0.1) is 0 Å². The Labute approximate surface area is 124 Å². The Kier molecular flexibility index (Phi) is 5.01. The van der Waals surface area contributed by atoms with Crippen LogP contribution in [0.1, 0.15) is 26.7 Å². The van der Waals surface area contributed by atoms with Crippen LogP contribution in [0.25, 0.3) is 0 Å². The molecule has 1 saturated heterocycles. The normalized spacial score (nSPS) is 21.0. The number of phenolic OH excluding ortho intramolecular Hbond substituents is 1. The summed E-state index contributed by atoms with van der Waals surface area (Å²) in [6, 6.07) is 4.39. The first-order chi connectivity index (χ1) is 10.0. The number of nitro groups is 1. The molecule has 1 fully saturated rings. The number of nitrogens with one attached hydrogen (secondary N) is 1. The molecule has 2 N–H and O–H groups in total. The molecule has 0 aliphatic carbocycles. The molecule has 0 amide bonds. The van der Waals surface area contributed by atoms with Gasteiger partial charge in [0.15, 0.2) is 0 Å². The molecule has 6 nitrogen and oxygen atoms in total. The van der Waals surface area contributed by atoms with E-state index in [0.29, 0.717) is 11.6 Å². The van der Waals surface area contributed by atoms with Crippen LogP contribution in [-0.2, 0) is 0 Å². The third-order valence-corrected chi connectivity index (χ3v) is 4.26. The second-order valence-corrected chi connectivity index (χ2v) is 5.69. The molecule has 1 aliphatic rings. The summed E-state index contributed by atoms with van der Waals surface area (Å²) < 4.78 is 0. The molecule has 0 spiro atoms. The van der Waals surface area contributed by atoms with E-state index in [9.17, 15) is 15.2 Å². The van der Waals surface area contributed by atoms with E-state index in [2.05, 4.69) is 24.1 Å². The van der Waals surface area contributed by atoms with Crippen molar-refractivity contribution >= 4 is 11.4 Å². The topological polar surface area (TPSA) is 78.6 Å². The second kappa shape index (κ2) is 6.76. The molecular formula is C15H23N3O3. The molecule has 0 saturated carbocycles. The number of anilines is 1. The van der Waals surface area contributed by atoms with E-state index in [0.717, 1.165) is 26.1 Å². The highest BCUT2D eigenvalue weighted by Crippen LogP contribution is 2.30. The highest BCUT2D eigenvalue weighted by molar-refractivity contribution is 5.64. The maximum absolute atomic E-state index is 11.1. The zero-order valence-corrected chi connectivity index (χ0v) is 12.6. The summed E-state index contributed by atoms with van der Waals surface area (Å²) in [5, 5.41) is 23.7. The van der Waals surface area contributed by atoms with Crippen molar-refractivity contribution in [2.24, 2.45) is 5.92 Å². The van der Waals surface area contributed by atoms with Crippen molar-refractivity contribution in [2.45, 2.75) is 32.7 Å². The molecule has 116 valence electrons. The lowest BCUT2D eigenvalue weighted by Crippen LogP contribution is -2.41. The van der Waals surface area contributed by atoms with Crippen LogP contribution in [0.3, 0.4) is 0 Å². The fourth-order valence-electron chi connectivity index (χ4n) is 2.94. The van der Waals surface area contributed by atoms with E-state index < -0.39 is 4.92 Å². The number of benzene rings is 1. The zero-order valence-electron chi connectivity index (χ0n) is 12.6. The average molecular weight is 293 g/mol. The number of nitrogens with zero attached hydrogens (tertiary/aromatic N) is 2. The van der Waals surface area contributed by atoms with Gasteiger partial charge in [0.1, 0.15) is 11.4 Å². The van der Waals surface area contributed by atoms with E-state index >= 15 is 0 Å². The third kappa shape index (κ3) is 3.85. The molecule has 0 bridgehead atoms. The fourth-order valence-corrected chi connectivity index (χ4v) is 2.94. The minimum atomic E-state index is -0.464. The maximum atomic E-state index is 11.1. The van der Waals surface area contributed by atoms with E-state index in [4.69, 9.17) is 0 Å². The molecular weight excluding hydrogens is 270 g/mol. The number of piperidine rings is 1. The van der Waals surface area contributed by atoms with E-state index in [-0.39, 0.29) is 17.5 Å². The van der Waals surface area contributed by atoms with Gasteiger partial charge in [0, 0.05) is 12.6 Å². The standard InChI is InChI=1S/C15H23N3O3/c1-3-17-8-4-5-12(10-17)11(2)16-14-7-6-13(19)9-15(14)18(20)21/h6-7,9,11-12,16,19H,3-5,8,10H2,1-2H3. The van der Waals surface area contributed by atoms with Gasteiger partial charge in [0.05, 0.1) is 11.0 Å². The highest BCUT2D eigenvalue weighted by Gasteiger charge is 2.25. The Balaban J connectivity index is 2.08. The summed E-state index contributed by atoms with van der Waals surface area (Å²) in [6.45, 7) is 7.43. The summed E-state index contributed by atoms with van der Waals surface area (Å²) >= 11 is 0. The Morgan fingerprint density at radius 2 is 2.33 bits per heavy atom. The number of hydrogen-bond acceptors (Lipinski definition) is 5. The molecule has 1 aromatic carbocycles. The second-order valence-electron chi connectivity index (χ2n) is 5.69. The monoisotopic (exact) mass is 293 g/mol. The van der Waals surface area contributed by atoms with E-state index in [1.165, 1.54) is 18.6 Å². The number of hydrogen-bond donors (Lipinski definition) is 2. The number of nitro benzene ring substituents is 1. The summed E-state index contributed by atoms with van der Waals surface area (Å²) in [5.41, 5.74) is 0.393. The van der Waals surface area contributed by atoms with Gasteiger partial charge in [-0.2, -0.15) is 0 Å². The van der Waals surface area contributed by atoms with Crippen molar-refractivity contribution in [3.63, 3.8) is 0 Å².